The average Bonchev–Trinajstić information content (AvgIpc) is 3.15. The number of nitrogens with zero attached hydrogens (tertiary/aromatic N) is 3. The van der Waals surface area contributed by atoms with Gasteiger partial charge >= 0.3 is 0 Å². The van der Waals surface area contributed by atoms with Gasteiger partial charge in [0.25, 0.3) is 5.91 Å². The molecule has 1 aromatic heterocycles. The highest BCUT2D eigenvalue weighted by Crippen LogP contribution is 2.26. The third kappa shape index (κ3) is 6.19. The van der Waals surface area contributed by atoms with Gasteiger partial charge in [-0.3, -0.25) is 14.7 Å². The minimum atomic E-state index is 0.110. The lowest BCUT2D eigenvalue weighted by Crippen LogP contribution is -2.38. The van der Waals surface area contributed by atoms with E-state index >= 15 is 0 Å². The number of benzene rings is 2. The number of likely N-dealkylation sites (tertiary alicyclic amines) is 1. The first-order chi connectivity index (χ1) is 17.3. The molecule has 0 unspecified atom stereocenters. The molecule has 0 bridgehead atoms. The number of hydrogen-bond donors (Lipinski definition) is 0. The van der Waals surface area contributed by atoms with Crippen LogP contribution in [0.4, 0.5) is 0 Å². The van der Waals surface area contributed by atoms with Crippen molar-refractivity contribution in [1.82, 2.24) is 14.8 Å². The number of carbonyl (C=O) groups excluding carboxylic acids is 1. The van der Waals surface area contributed by atoms with Gasteiger partial charge in [-0.25, -0.2) is 0 Å². The maximum atomic E-state index is 13.3. The largest absolute Gasteiger partial charge is 0.492 e. The van der Waals surface area contributed by atoms with Gasteiger partial charge in [0.05, 0.1) is 18.7 Å². The first kappa shape index (κ1) is 23.8. The number of pyridine rings is 1. The number of aromatic nitrogens is 1. The van der Waals surface area contributed by atoms with Crippen molar-refractivity contribution in [1.29, 1.82) is 0 Å². The van der Waals surface area contributed by atoms with E-state index in [1.807, 2.05) is 41.4 Å². The summed E-state index contributed by atoms with van der Waals surface area (Å²) in [6, 6.07) is 18.2. The lowest BCUT2D eigenvalue weighted by Gasteiger charge is -2.26. The van der Waals surface area contributed by atoms with Gasteiger partial charge in [0, 0.05) is 49.9 Å². The number of ether oxygens (including phenoxy) is 2. The number of para-hydroxylation sites is 1. The Balaban J connectivity index is 1.16. The molecule has 1 atom stereocenters. The van der Waals surface area contributed by atoms with E-state index in [1.54, 1.807) is 0 Å². The Kier molecular flexibility index (Phi) is 7.91. The van der Waals surface area contributed by atoms with Crippen molar-refractivity contribution >= 4 is 16.8 Å². The molecule has 2 aliphatic heterocycles. The maximum absolute atomic E-state index is 13.3. The van der Waals surface area contributed by atoms with Crippen LogP contribution in [-0.4, -0.2) is 73.2 Å². The summed E-state index contributed by atoms with van der Waals surface area (Å²) in [5.41, 5.74) is 3.14. The van der Waals surface area contributed by atoms with E-state index in [9.17, 15) is 4.79 Å². The fourth-order valence-electron chi connectivity index (χ4n) is 5.24. The van der Waals surface area contributed by atoms with Crippen LogP contribution in [0.15, 0.2) is 60.8 Å². The summed E-state index contributed by atoms with van der Waals surface area (Å²) in [6.07, 6.45) is 6.16. The fourth-order valence-corrected chi connectivity index (χ4v) is 5.24. The van der Waals surface area contributed by atoms with Gasteiger partial charge < -0.3 is 14.4 Å². The summed E-state index contributed by atoms with van der Waals surface area (Å²) in [5, 5.41) is 1.25. The highest BCUT2D eigenvalue weighted by Gasteiger charge is 2.22. The van der Waals surface area contributed by atoms with Crippen molar-refractivity contribution in [3.63, 3.8) is 0 Å². The minimum absolute atomic E-state index is 0.110. The van der Waals surface area contributed by atoms with Crippen molar-refractivity contribution in [3.8, 4) is 5.75 Å². The van der Waals surface area contributed by atoms with Crippen molar-refractivity contribution in [3.05, 3.63) is 71.9 Å². The number of amides is 1. The Hall–Kier alpha value is -2.96. The Morgan fingerprint density at radius 2 is 1.89 bits per heavy atom. The van der Waals surface area contributed by atoms with Crippen LogP contribution in [0.1, 0.15) is 35.2 Å². The summed E-state index contributed by atoms with van der Waals surface area (Å²) in [7, 11) is 0. The van der Waals surface area contributed by atoms with E-state index in [0.29, 0.717) is 18.1 Å². The number of carbonyl (C=O) groups is 1. The molecule has 0 N–H and O–H groups in total. The quantitative estimate of drug-likeness (QED) is 0.508. The second-order valence-corrected chi connectivity index (χ2v) is 9.61. The maximum Gasteiger partial charge on any atom is 0.253 e. The van der Waals surface area contributed by atoms with Crippen LogP contribution < -0.4 is 4.74 Å². The zero-order valence-electron chi connectivity index (χ0n) is 20.4. The molecule has 3 aromatic rings. The van der Waals surface area contributed by atoms with E-state index in [0.717, 1.165) is 82.9 Å². The predicted molar refractivity (Wildman–Crippen MR) is 138 cm³/mol. The molecule has 6 nitrogen and oxygen atoms in total. The number of morpholine rings is 1. The van der Waals surface area contributed by atoms with Crippen LogP contribution in [-0.2, 0) is 11.2 Å². The van der Waals surface area contributed by atoms with Crippen LogP contribution in [0.2, 0.25) is 0 Å². The molecule has 0 spiro atoms. The highest BCUT2D eigenvalue weighted by atomic mass is 16.5. The number of rotatable bonds is 7. The Morgan fingerprint density at radius 3 is 2.80 bits per heavy atom. The van der Waals surface area contributed by atoms with E-state index in [2.05, 4.69) is 34.1 Å². The third-order valence-electron chi connectivity index (χ3n) is 7.24. The first-order valence-corrected chi connectivity index (χ1v) is 12.9. The molecule has 2 saturated heterocycles. The molecule has 35 heavy (non-hydrogen) atoms. The van der Waals surface area contributed by atoms with Crippen LogP contribution >= 0.6 is 0 Å². The molecule has 5 rings (SSSR count). The first-order valence-electron chi connectivity index (χ1n) is 12.9. The summed E-state index contributed by atoms with van der Waals surface area (Å²) < 4.78 is 11.4. The monoisotopic (exact) mass is 473 g/mol. The van der Waals surface area contributed by atoms with Crippen LogP contribution in [0.25, 0.3) is 10.9 Å². The zero-order chi connectivity index (χ0) is 23.9. The second kappa shape index (κ2) is 11.6. The van der Waals surface area contributed by atoms with Crippen LogP contribution in [0.3, 0.4) is 0 Å². The summed E-state index contributed by atoms with van der Waals surface area (Å²) >= 11 is 0. The average molecular weight is 474 g/mol. The topological polar surface area (TPSA) is 54.9 Å². The Morgan fingerprint density at radius 1 is 1.00 bits per heavy atom. The lowest BCUT2D eigenvalue weighted by atomic mass is 9.91. The molecule has 3 heterocycles. The molecular weight excluding hydrogens is 438 g/mol. The third-order valence-corrected chi connectivity index (χ3v) is 7.24. The molecule has 0 aliphatic carbocycles. The van der Waals surface area contributed by atoms with Crippen LogP contribution in [0, 0.1) is 5.92 Å². The Labute approximate surface area is 207 Å². The molecule has 2 aliphatic rings. The SMILES string of the molecule is O=C(c1cccc(OCCN2CCOCC2)c1)N1CCC[C@H](Cc2ccnc3ccccc23)CC1. The second-order valence-electron chi connectivity index (χ2n) is 9.61. The van der Waals surface area contributed by atoms with E-state index in [1.165, 1.54) is 10.9 Å². The minimum Gasteiger partial charge on any atom is -0.492 e. The van der Waals surface area contributed by atoms with Crippen molar-refractivity contribution in [2.24, 2.45) is 5.92 Å². The standard InChI is InChI=1S/C29H35N3O3/c33-29(25-6-3-7-26(22-25)35-20-17-31-15-18-34-19-16-31)32-13-4-5-23(11-14-32)21-24-10-12-30-28-9-2-1-8-27(24)28/h1-3,6-10,12,22-23H,4-5,11,13-21H2/t23-/m0/s1. The van der Waals surface area contributed by atoms with Crippen molar-refractivity contribution < 1.29 is 14.3 Å². The van der Waals surface area contributed by atoms with E-state index in [4.69, 9.17) is 9.47 Å². The van der Waals surface area contributed by atoms with Gasteiger partial charge in [0.2, 0.25) is 0 Å². The van der Waals surface area contributed by atoms with E-state index < -0.39 is 0 Å². The smallest absolute Gasteiger partial charge is 0.253 e. The van der Waals surface area contributed by atoms with Gasteiger partial charge in [-0.05, 0) is 67.5 Å². The van der Waals surface area contributed by atoms with Gasteiger partial charge in [0.1, 0.15) is 12.4 Å². The normalized spacial score (nSPS) is 19.4. The fraction of sp³-hybridized carbons (Fsp3) is 0.448. The van der Waals surface area contributed by atoms with Gasteiger partial charge in [0.15, 0.2) is 0 Å². The molecule has 1 amide bonds. The van der Waals surface area contributed by atoms with Crippen molar-refractivity contribution in [2.75, 3.05) is 52.5 Å². The molecule has 6 heteroatoms. The van der Waals surface area contributed by atoms with Gasteiger partial charge in [-0.15, -0.1) is 0 Å². The summed E-state index contributed by atoms with van der Waals surface area (Å²) in [6.45, 7) is 6.60. The van der Waals surface area contributed by atoms with Crippen molar-refractivity contribution in [2.45, 2.75) is 25.7 Å². The number of fused-ring (bicyclic) bond motifs is 1. The van der Waals surface area contributed by atoms with Gasteiger partial charge in [-0.1, -0.05) is 24.3 Å². The molecular formula is C29H35N3O3. The molecule has 2 aromatic carbocycles. The summed E-state index contributed by atoms with van der Waals surface area (Å²) in [4.78, 5) is 22.2. The van der Waals surface area contributed by atoms with Crippen LogP contribution in [0.5, 0.6) is 5.75 Å². The number of hydrogen-bond acceptors (Lipinski definition) is 5. The summed E-state index contributed by atoms with van der Waals surface area (Å²) in [5.74, 6) is 1.45. The highest BCUT2D eigenvalue weighted by molar-refractivity contribution is 5.94. The van der Waals surface area contributed by atoms with E-state index in [-0.39, 0.29) is 5.91 Å². The molecule has 0 saturated carbocycles. The Bertz CT molecular complexity index is 1120. The lowest BCUT2D eigenvalue weighted by molar-refractivity contribution is 0.0322. The zero-order valence-corrected chi connectivity index (χ0v) is 20.4. The predicted octanol–water partition coefficient (Wildman–Crippen LogP) is 4.43. The molecule has 0 radical (unpaired) electrons. The molecule has 184 valence electrons. The van der Waals surface area contributed by atoms with Gasteiger partial charge in [-0.2, -0.15) is 0 Å². The molecule has 2 fully saturated rings.